The zero-order chi connectivity index (χ0) is 19.8. The average molecular weight is 387 g/mol. The lowest BCUT2D eigenvalue weighted by Gasteiger charge is -2.54. The third kappa shape index (κ3) is 2.90. The van der Waals surface area contributed by atoms with Crippen molar-refractivity contribution in [2.45, 2.75) is 92.1 Å². The maximum absolute atomic E-state index is 13.4. The quantitative estimate of drug-likeness (QED) is 0.516. The molecule has 0 N–H and O–H groups in total. The molecule has 0 amide bonds. The molecule has 6 aliphatic carbocycles. The van der Waals surface area contributed by atoms with E-state index in [1.54, 1.807) is 0 Å². The molecule has 6 fully saturated rings. The fourth-order valence-corrected chi connectivity index (χ4v) is 9.26. The van der Waals surface area contributed by atoms with Crippen molar-refractivity contribution in [1.29, 1.82) is 0 Å². The van der Waals surface area contributed by atoms with Crippen LogP contribution in [0.15, 0.2) is 0 Å². The second-order valence-corrected chi connectivity index (χ2v) is 12.5. The van der Waals surface area contributed by atoms with Gasteiger partial charge in [0.15, 0.2) is 0 Å². The summed E-state index contributed by atoms with van der Waals surface area (Å²) in [6.45, 7) is 12.1. The standard InChI is InChI=1S/C26H42O2/c1-6-26(4,5)23-20-12-17(22(23)14(2)3)13-21(20)25(27)28-24-18-8-15-7-16(10-18)11-19(24)9-15/h14-24H,6-13H2,1-5H3. The Morgan fingerprint density at radius 2 is 1.54 bits per heavy atom. The maximum Gasteiger partial charge on any atom is 0.309 e. The van der Waals surface area contributed by atoms with Crippen molar-refractivity contribution in [3.8, 4) is 0 Å². The highest BCUT2D eigenvalue weighted by Crippen LogP contribution is 2.63. The molecule has 0 aromatic rings. The van der Waals surface area contributed by atoms with Gasteiger partial charge in [-0.3, -0.25) is 4.79 Å². The first-order chi connectivity index (χ1) is 13.3. The summed E-state index contributed by atoms with van der Waals surface area (Å²) in [6, 6.07) is 0. The van der Waals surface area contributed by atoms with Crippen molar-refractivity contribution in [1.82, 2.24) is 0 Å². The lowest BCUT2D eigenvalue weighted by Crippen LogP contribution is -2.51. The summed E-state index contributed by atoms with van der Waals surface area (Å²) in [6.07, 6.45) is 10.7. The highest BCUT2D eigenvalue weighted by atomic mass is 16.5. The normalized spacial score (nSPS) is 49.2. The van der Waals surface area contributed by atoms with Crippen LogP contribution >= 0.6 is 0 Å². The van der Waals surface area contributed by atoms with E-state index in [-0.39, 0.29) is 18.0 Å². The van der Waals surface area contributed by atoms with E-state index in [1.165, 1.54) is 44.9 Å². The van der Waals surface area contributed by atoms with Crippen LogP contribution in [0.4, 0.5) is 0 Å². The van der Waals surface area contributed by atoms with E-state index in [1.807, 2.05) is 0 Å². The van der Waals surface area contributed by atoms with Crippen molar-refractivity contribution in [3.05, 3.63) is 0 Å². The Hall–Kier alpha value is -0.530. The van der Waals surface area contributed by atoms with Crippen LogP contribution in [-0.4, -0.2) is 12.1 Å². The number of fused-ring (bicyclic) bond motifs is 2. The van der Waals surface area contributed by atoms with Gasteiger partial charge in [-0.1, -0.05) is 41.0 Å². The van der Waals surface area contributed by atoms with Gasteiger partial charge >= 0.3 is 5.97 Å². The maximum atomic E-state index is 13.4. The number of esters is 1. The topological polar surface area (TPSA) is 26.3 Å². The average Bonchev–Trinajstić information content (AvgIpc) is 3.23. The number of hydrogen-bond acceptors (Lipinski definition) is 2. The van der Waals surface area contributed by atoms with Crippen LogP contribution in [-0.2, 0) is 9.53 Å². The first-order valence-electron chi connectivity index (χ1n) is 12.5. The SMILES string of the molecule is CCC(C)(C)C1C2CC(CC2C(=O)OC2C3CC4CC(C3)CC2C4)C1C(C)C. The van der Waals surface area contributed by atoms with E-state index in [2.05, 4.69) is 34.6 Å². The van der Waals surface area contributed by atoms with Crippen LogP contribution in [0.25, 0.3) is 0 Å². The Morgan fingerprint density at radius 1 is 0.929 bits per heavy atom. The molecule has 0 aromatic heterocycles. The Kier molecular flexibility index (Phi) is 4.68. The van der Waals surface area contributed by atoms with Gasteiger partial charge in [0, 0.05) is 0 Å². The van der Waals surface area contributed by atoms with E-state index in [0.29, 0.717) is 29.1 Å². The van der Waals surface area contributed by atoms with Crippen molar-refractivity contribution in [3.63, 3.8) is 0 Å². The van der Waals surface area contributed by atoms with E-state index in [4.69, 9.17) is 4.74 Å². The van der Waals surface area contributed by atoms with Crippen molar-refractivity contribution in [2.24, 2.45) is 64.6 Å². The van der Waals surface area contributed by atoms with E-state index in [9.17, 15) is 4.79 Å². The molecule has 0 spiro atoms. The largest absolute Gasteiger partial charge is 0.462 e. The fourth-order valence-electron chi connectivity index (χ4n) is 9.26. The van der Waals surface area contributed by atoms with E-state index < -0.39 is 0 Å². The monoisotopic (exact) mass is 386 g/mol. The van der Waals surface area contributed by atoms with Crippen molar-refractivity contribution >= 4 is 5.97 Å². The zero-order valence-electron chi connectivity index (χ0n) is 18.8. The summed E-state index contributed by atoms with van der Waals surface area (Å²) in [7, 11) is 0. The predicted molar refractivity (Wildman–Crippen MR) is 113 cm³/mol. The molecule has 5 unspecified atom stereocenters. The van der Waals surface area contributed by atoms with Gasteiger partial charge in [0.25, 0.3) is 0 Å². The first-order valence-corrected chi connectivity index (χ1v) is 12.5. The second kappa shape index (κ2) is 6.74. The number of carbonyl (C=O) groups is 1. The minimum Gasteiger partial charge on any atom is -0.462 e. The Labute approximate surface area is 172 Å². The van der Waals surface area contributed by atoms with E-state index in [0.717, 1.165) is 36.0 Å². The molecule has 6 bridgehead atoms. The molecule has 0 heterocycles. The van der Waals surface area contributed by atoms with Gasteiger partial charge in [0.1, 0.15) is 6.10 Å². The zero-order valence-corrected chi connectivity index (χ0v) is 18.8. The van der Waals surface area contributed by atoms with Gasteiger partial charge < -0.3 is 4.74 Å². The molecule has 0 radical (unpaired) electrons. The van der Waals surface area contributed by atoms with Crippen LogP contribution in [0.2, 0.25) is 0 Å². The molecule has 0 aliphatic heterocycles. The van der Waals surface area contributed by atoms with Gasteiger partial charge in [-0.15, -0.1) is 0 Å². The van der Waals surface area contributed by atoms with E-state index >= 15 is 0 Å². The molecule has 0 aromatic carbocycles. The van der Waals surface area contributed by atoms with Gasteiger partial charge in [0.2, 0.25) is 0 Å². The van der Waals surface area contributed by atoms with Crippen LogP contribution in [0.3, 0.4) is 0 Å². The predicted octanol–water partition coefficient (Wildman–Crippen LogP) is 6.33. The summed E-state index contributed by atoms with van der Waals surface area (Å²) in [5.74, 6) is 7.17. The van der Waals surface area contributed by atoms with Gasteiger partial charge in [-0.05, 0) is 104 Å². The molecule has 6 aliphatic rings. The lowest BCUT2D eigenvalue weighted by molar-refractivity contribution is -0.179. The highest BCUT2D eigenvalue weighted by Gasteiger charge is 2.60. The molecule has 0 saturated heterocycles. The van der Waals surface area contributed by atoms with Crippen molar-refractivity contribution < 1.29 is 9.53 Å². The van der Waals surface area contributed by atoms with Crippen molar-refractivity contribution in [2.75, 3.05) is 0 Å². The minimum atomic E-state index is 0.188. The molecule has 2 heteroatoms. The summed E-state index contributed by atoms with van der Waals surface area (Å²) in [4.78, 5) is 13.4. The Balaban J connectivity index is 1.31. The molecular formula is C26H42O2. The number of carbonyl (C=O) groups excluding carboxylic acids is 1. The fraction of sp³-hybridized carbons (Fsp3) is 0.962. The Bertz CT molecular complexity index is 592. The smallest absolute Gasteiger partial charge is 0.309 e. The first kappa shape index (κ1) is 19.4. The summed E-state index contributed by atoms with van der Waals surface area (Å²) < 4.78 is 6.42. The minimum absolute atomic E-state index is 0.188. The third-order valence-corrected chi connectivity index (χ3v) is 10.3. The van der Waals surface area contributed by atoms with Crippen LogP contribution in [0.1, 0.15) is 86.0 Å². The molecule has 6 saturated carbocycles. The molecule has 2 nitrogen and oxygen atoms in total. The van der Waals surface area contributed by atoms with Crippen LogP contribution in [0, 0.1) is 64.6 Å². The van der Waals surface area contributed by atoms with Gasteiger partial charge in [0.05, 0.1) is 5.92 Å². The molecule has 6 rings (SSSR count). The number of ether oxygens (including phenoxy) is 1. The summed E-state index contributed by atoms with van der Waals surface area (Å²) >= 11 is 0. The second-order valence-electron chi connectivity index (χ2n) is 12.5. The lowest BCUT2D eigenvalue weighted by atomic mass is 9.55. The highest BCUT2D eigenvalue weighted by molar-refractivity contribution is 5.74. The van der Waals surface area contributed by atoms with Gasteiger partial charge in [-0.25, -0.2) is 0 Å². The summed E-state index contributed by atoms with van der Waals surface area (Å²) in [5.41, 5.74) is 0.329. The number of rotatable bonds is 5. The Morgan fingerprint density at radius 3 is 2.07 bits per heavy atom. The third-order valence-electron chi connectivity index (χ3n) is 10.3. The molecule has 158 valence electrons. The number of hydrogen-bond donors (Lipinski definition) is 0. The summed E-state index contributed by atoms with van der Waals surface area (Å²) in [5, 5.41) is 0. The van der Waals surface area contributed by atoms with Crippen LogP contribution in [0.5, 0.6) is 0 Å². The van der Waals surface area contributed by atoms with Gasteiger partial charge in [-0.2, -0.15) is 0 Å². The molecular weight excluding hydrogens is 344 g/mol. The van der Waals surface area contributed by atoms with Crippen LogP contribution < -0.4 is 0 Å². The molecule has 28 heavy (non-hydrogen) atoms. The molecule has 5 atom stereocenters.